The van der Waals surface area contributed by atoms with Gasteiger partial charge in [0.25, 0.3) is 0 Å². The van der Waals surface area contributed by atoms with E-state index >= 15 is 0 Å². The van der Waals surface area contributed by atoms with Crippen molar-refractivity contribution in [3.63, 3.8) is 0 Å². The first kappa shape index (κ1) is 17.0. The van der Waals surface area contributed by atoms with Crippen LogP contribution in [0.5, 0.6) is 5.75 Å². The largest absolute Gasteiger partial charge is 0.493 e. The number of ether oxygens (including phenoxy) is 1. The molecule has 1 aromatic rings. The molecule has 0 aliphatic heterocycles. The molecule has 0 bridgehead atoms. The standard InChI is InChI=1S/C16H24N2O3/c1-5-12(4)17-15(19)16(20)18-13-6-8-14(9-7-13)21-10-11(2)3/h6-9,11-12H,5,10H2,1-4H3,(H,17,19)(H,18,20). The summed E-state index contributed by atoms with van der Waals surface area (Å²) in [6.07, 6.45) is 0.779. The molecule has 0 aromatic heterocycles. The molecular formula is C16H24N2O3. The van der Waals surface area contributed by atoms with Gasteiger partial charge in [-0.05, 0) is 43.5 Å². The summed E-state index contributed by atoms with van der Waals surface area (Å²) in [6.45, 7) is 8.59. The quantitative estimate of drug-likeness (QED) is 0.792. The zero-order chi connectivity index (χ0) is 15.8. The maximum atomic E-state index is 11.7. The lowest BCUT2D eigenvalue weighted by molar-refractivity contribution is -0.136. The first-order valence-electron chi connectivity index (χ1n) is 7.27. The Balaban J connectivity index is 2.51. The van der Waals surface area contributed by atoms with Crippen LogP contribution < -0.4 is 15.4 Å². The molecule has 0 fully saturated rings. The van der Waals surface area contributed by atoms with Gasteiger partial charge in [0, 0.05) is 11.7 Å². The SMILES string of the molecule is CCC(C)NC(=O)C(=O)Nc1ccc(OCC(C)C)cc1. The third-order valence-corrected chi connectivity index (χ3v) is 2.89. The predicted octanol–water partition coefficient (Wildman–Crippen LogP) is 2.57. The molecule has 0 radical (unpaired) electrons. The van der Waals surface area contributed by atoms with Gasteiger partial charge in [0.2, 0.25) is 0 Å². The third-order valence-electron chi connectivity index (χ3n) is 2.89. The van der Waals surface area contributed by atoms with Crippen LogP contribution in [0.3, 0.4) is 0 Å². The first-order chi connectivity index (χ1) is 9.92. The Morgan fingerprint density at radius 2 is 1.71 bits per heavy atom. The van der Waals surface area contributed by atoms with Gasteiger partial charge in [-0.2, -0.15) is 0 Å². The van der Waals surface area contributed by atoms with E-state index in [2.05, 4.69) is 24.5 Å². The fourth-order valence-electron chi connectivity index (χ4n) is 1.48. The summed E-state index contributed by atoms with van der Waals surface area (Å²) < 4.78 is 5.55. The van der Waals surface area contributed by atoms with Gasteiger partial charge in [-0.1, -0.05) is 20.8 Å². The summed E-state index contributed by atoms with van der Waals surface area (Å²) in [5.74, 6) is -0.0879. The van der Waals surface area contributed by atoms with Crippen molar-refractivity contribution in [2.75, 3.05) is 11.9 Å². The number of hydrogen-bond donors (Lipinski definition) is 2. The summed E-state index contributed by atoms with van der Waals surface area (Å²) in [7, 11) is 0. The van der Waals surface area contributed by atoms with Crippen LogP contribution in [-0.2, 0) is 9.59 Å². The number of hydrogen-bond acceptors (Lipinski definition) is 3. The van der Waals surface area contributed by atoms with E-state index in [4.69, 9.17) is 4.74 Å². The smallest absolute Gasteiger partial charge is 0.313 e. The van der Waals surface area contributed by atoms with Gasteiger partial charge < -0.3 is 15.4 Å². The van der Waals surface area contributed by atoms with E-state index in [1.807, 2.05) is 13.8 Å². The third kappa shape index (κ3) is 6.29. The lowest BCUT2D eigenvalue weighted by atomic mass is 10.2. The molecule has 116 valence electrons. The maximum absolute atomic E-state index is 11.7. The highest BCUT2D eigenvalue weighted by atomic mass is 16.5. The van der Waals surface area contributed by atoms with Crippen molar-refractivity contribution in [3.05, 3.63) is 24.3 Å². The van der Waals surface area contributed by atoms with Crippen LogP contribution in [0.1, 0.15) is 34.1 Å². The van der Waals surface area contributed by atoms with Gasteiger partial charge >= 0.3 is 11.8 Å². The van der Waals surface area contributed by atoms with Gasteiger partial charge in [0.05, 0.1) is 6.61 Å². The van der Waals surface area contributed by atoms with E-state index in [0.717, 1.165) is 12.2 Å². The van der Waals surface area contributed by atoms with E-state index in [9.17, 15) is 9.59 Å². The number of rotatable bonds is 6. The van der Waals surface area contributed by atoms with Gasteiger partial charge in [-0.25, -0.2) is 0 Å². The molecule has 2 N–H and O–H groups in total. The molecule has 2 amide bonds. The Kier molecular flexibility index (Phi) is 6.72. The van der Waals surface area contributed by atoms with Gasteiger partial charge in [-0.3, -0.25) is 9.59 Å². The minimum absolute atomic E-state index is 0.0185. The number of amides is 2. The molecule has 0 aliphatic rings. The molecule has 1 rings (SSSR count). The Hall–Kier alpha value is -2.04. The van der Waals surface area contributed by atoms with Crippen LogP contribution in [0.15, 0.2) is 24.3 Å². The number of nitrogens with one attached hydrogen (secondary N) is 2. The van der Waals surface area contributed by atoms with Gasteiger partial charge in [-0.15, -0.1) is 0 Å². The average Bonchev–Trinajstić information content (AvgIpc) is 2.46. The summed E-state index contributed by atoms with van der Waals surface area (Å²) in [6, 6.07) is 6.94. The molecule has 1 aromatic carbocycles. The van der Waals surface area contributed by atoms with E-state index in [1.165, 1.54) is 0 Å². The van der Waals surface area contributed by atoms with Crippen LogP contribution in [0.2, 0.25) is 0 Å². The summed E-state index contributed by atoms with van der Waals surface area (Å²) in [4.78, 5) is 23.3. The zero-order valence-corrected chi connectivity index (χ0v) is 13.1. The van der Waals surface area contributed by atoms with Crippen molar-refractivity contribution >= 4 is 17.5 Å². The summed E-state index contributed by atoms with van der Waals surface area (Å²) >= 11 is 0. The van der Waals surface area contributed by atoms with Crippen LogP contribution >= 0.6 is 0 Å². The number of carbonyl (C=O) groups is 2. The minimum Gasteiger partial charge on any atom is -0.493 e. The Morgan fingerprint density at radius 1 is 1.10 bits per heavy atom. The van der Waals surface area contributed by atoms with Crippen molar-refractivity contribution in [3.8, 4) is 5.75 Å². The number of benzene rings is 1. The fraction of sp³-hybridized carbons (Fsp3) is 0.500. The molecule has 1 atom stereocenters. The molecule has 0 saturated heterocycles. The molecule has 0 spiro atoms. The lowest BCUT2D eigenvalue weighted by Crippen LogP contribution is -2.40. The number of carbonyl (C=O) groups excluding carboxylic acids is 2. The Labute approximate surface area is 126 Å². The molecular weight excluding hydrogens is 268 g/mol. The zero-order valence-electron chi connectivity index (χ0n) is 13.1. The molecule has 5 heteroatoms. The fourth-order valence-corrected chi connectivity index (χ4v) is 1.48. The number of anilines is 1. The highest BCUT2D eigenvalue weighted by Gasteiger charge is 2.15. The average molecular weight is 292 g/mol. The monoisotopic (exact) mass is 292 g/mol. The Morgan fingerprint density at radius 3 is 2.24 bits per heavy atom. The highest BCUT2D eigenvalue weighted by Crippen LogP contribution is 2.16. The topological polar surface area (TPSA) is 67.4 Å². The predicted molar refractivity (Wildman–Crippen MR) is 83.3 cm³/mol. The molecule has 1 unspecified atom stereocenters. The van der Waals surface area contributed by atoms with Crippen molar-refractivity contribution in [2.24, 2.45) is 5.92 Å². The van der Waals surface area contributed by atoms with Gasteiger partial charge in [0.15, 0.2) is 0 Å². The van der Waals surface area contributed by atoms with E-state index in [1.54, 1.807) is 24.3 Å². The second-order valence-corrected chi connectivity index (χ2v) is 5.47. The van der Waals surface area contributed by atoms with Crippen LogP contribution in [0.25, 0.3) is 0 Å². The molecule has 0 heterocycles. The second kappa shape index (κ2) is 8.29. The van der Waals surface area contributed by atoms with Crippen LogP contribution in [-0.4, -0.2) is 24.5 Å². The highest BCUT2D eigenvalue weighted by molar-refractivity contribution is 6.39. The van der Waals surface area contributed by atoms with Crippen molar-refractivity contribution in [1.29, 1.82) is 0 Å². The summed E-state index contributed by atoms with van der Waals surface area (Å²) in [5.41, 5.74) is 0.566. The lowest BCUT2D eigenvalue weighted by Gasteiger charge is -2.12. The first-order valence-corrected chi connectivity index (χ1v) is 7.27. The molecule has 21 heavy (non-hydrogen) atoms. The summed E-state index contributed by atoms with van der Waals surface area (Å²) in [5, 5.41) is 5.17. The van der Waals surface area contributed by atoms with E-state index in [0.29, 0.717) is 18.2 Å². The van der Waals surface area contributed by atoms with E-state index < -0.39 is 11.8 Å². The maximum Gasteiger partial charge on any atom is 0.313 e. The van der Waals surface area contributed by atoms with Crippen LogP contribution in [0.4, 0.5) is 5.69 Å². The van der Waals surface area contributed by atoms with Crippen molar-refractivity contribution in [2.45, 2.75) is 40.2 Å². The second-order valence-electron chi connectivity index (χ2n) is 5.47. The normalized spacial score (nSPS) is 11.9. The molecule has 5 nitrogen and oxygen atoms in total. The van der Waals surface area contributed by atoms with Crippen molar-refractivity contribution < 1.29 is 14.3 Å². The van der Waals surface area contributed by atoms with Gasteiger partial charge in [0.1, 0.15) is 5.75 Å². The van der Waals surface area contributed by atoms with Crippen molar-refractivity contribution in [1.82, 2.24) is 5.32 Å². The van der Waals surface area contributed by atoms with Crippen LogP contribution in [0, 0.1) is 5.92 Å². The Bertz CT molecular complexity index is 469. The molecule has 0 aliphatic carbocycles. The minimum atomic E-state index is -0.661. The van der Waals surface area contributed by atoms with E-state index in [-0.39, 0.29) is 6.04 Å². The molecule has 0 saturated carbocycles.